The van der Waals surface area contributed by atoms with Gasteiger partial charge in [0.1, 0.15) is 24.1 Å². The van der Waals surface area contributed by atoms with Crippen molar-refractivity contribution in [1.82, 2.24) is 14.5 Å². The number of imidazole rings is 1. The van der Waals surface area contributed by atoms with Crippen LogP contribution in [0.3, 0.4) is 0 Å². The Morgan fingerprint density at radius 3 is 2.36 bits per heavy atom. The van der Waals surface area contributed by atoms with E-state index in [2.05, 4.69) is 9.97 Å². The highest BCUT2D eigenvalue weighted by Crippen LogP contribution is 2.27. The number of hydrogen-bond donors (Lipinski definition) is 0. The summed E-state index contributed by atoms with van der Waals surface area (Å²) in [6, 6.07) is 20.5. The van der Waals surface area contributed by atoms with E-state index in [1.807, 2.05) is 16.7 Å². The number of halogens is 2. The summed E-state index contributed by atoms with van der Waals surface area (Å²) in [7, 11) is 2.89. The van der Waals surface area contributed by atoms with E-state index in [1.165, 1.54) is 37.4 Å². The third kappa shape index (κ3) is 6.38. The van der Waals surface area contributed by atoms with E-state index in [0.29, 0.717) is 52.4 Å². The number of esters is 1. The van der Waals surface area contributed by atoms with Crippen molar-refractivity contribution < 1.29 is 27.8 Å². The molecule has 2 heterocycles. The van der Waals surface area contributed by atoms with Crippen LogP contribution in [0.4, 0.5) is 8.78 Å². The second-order valence-electron chi connectivity index (χ2n) is 9.75. The predicted octanol–water partition coefficient (Wildman–Crippen LogP) is 5.72. The van der Waals surface area contributed by atoms with Gasteiger partial charge < -0.3 is 18.8 Å². The number of benzene rings is 3. The van der Waals surface area contributed by atoms with Crippen LogP contribution < -0.4 is 4.74 Å². The number of pyridine rings is 1. The lowest BCUT2D eigenvalue weighted by atomic mass is 10.0. The Balaban J connectivity index is 1.41. The van der Waals surface area contributed by atoms with Crippen molar-refractivity contribution in [1.29, 1.82) is 10.5 Å². The third-order valence-corrected chi connectivity index (χ3v) is 6.95. The number of carbonyl (C=O) groups is 1. The van der Waals surface area contributed by atoms with Crippen LogP contribution in [-0.2, 0) is 29.0 Å². The van der Waals surface area contributed by atoms with Crippen LogP contribution >= 0.6 is 0 Å². The molecule has 0 N–H and O–H groups in total. The average molecular weight is 594 g/mol. The van der Waals surface area contributed by atoms with Gasteiger partial charge in [0.25, 0.3) is 0 Å². The molecule has 0 atom stereocenters. The summed E-state index contributed by atoms with van der Waals surface area (Å²) in [5.41, 5.74) is 3.42. The summed E-state index contributed by atoms with van der Waals surface area (Å²) < 4.78 is 47.5. The van der Waals surface area contributed by atoms with Gasteiger partial charge in [-0.3, -0.25) is 0 Å². The van der Waals surface area contributed by atoms with Crippen LogP contribution in [0.5, 0.6) is 5.88 Å². The van der Waals surface area contributed by atoms with Crippen LogP contribution in [0.25, 0.3) is 22.3 Å². The van der Waals surface area contributed by atoms with E-state index in [0.717, 1.165) is 6.07 Å². The third-order valence-electron chi connectivity index (χ3n) is 6.95. The van der Waals surface area contributed by atoms with Crippen molar-refractivity contribution in [3.8, 4) is 29.3 Å². The number of aromatic nitrogens is 3. The number of methoxy groups -OCH3 is 2. The monoisotopic (exact) mass is 593 g/mol. The number of nitrogens with zero attached hydrogens (tertiary/aromatic N) is 5. The summed E-state index contributed by atoms with van der Waals surface area (Å²) in [5.74, 6) is -0.933. The van der Waals surface area contributed by atoms with Gasteiger partial charge in [-0.1, -0.05) is 18.2 Å². The molecule has 44 heavy (non-hydrogen) atoms. The molecule has 0 bridgehead atoms. The molecular formula is C33H25F2N5O4. The van der Waals surface area contributed by atoms with Crippen molar-refractivity contribution in [2.45, 2.75) is 19.6 Å². The second kappa shape index (κ2) is 13.1. The summed E-state index contributed by atoms with van der Waals surface area (Å²) in [6.07, 6.45) is 0.161. The number of fused-ring (bicyclic) bond motifs is 1. The summed E-state index contributed by atoms with van der Waals surface area (Å²) in [4.78, 5) is 21.2. The summed E-state index contributed by atoms with van der Waals surface area (Å²) in [5, 5.41) is 18.5. The lowest BCUT2D eigenvalue weighted by Crippen LogP contribution is -2.10. The van der Waals surface area contributed by atoms with Gasteiger partial charge in [0.2, 0.25) is 5.88 Å². The van der Waals surface area contributed by atoms with E-state index in [9.17, 15) is 14.4 Å². The van der Waals surface area contributed by atoms with Crippen LogP contribution in [0.15, 0.2) is 66.7 Å². The predicted molar refractivity (Wildman–Crippen MR) is 156 cm³/mol. The fraction of sp³-hybridized carbons (Fsp3) is 0.182. The van der Waals surface area contributed by atoms with E-state index >= 15 is 4.39 Å². The Labute approximate surface area is 251 Å². The first-order chi connectivity index (χ1) is 21.3. The van der Waals surface area contributed by atoms with E-state index in [1.54, 1.807) is 37.4 Å². The maximum Gasteiger partial charge on any atom is 0.337 e. The first-order valence-corrected chi connectivity index (χ1v) is 13.4. The number of nitriles is 2. The van der Waals surface area contributed by atoms with Crippen LogP contribution in [-0.4, -0.2) is 41.3 Å². The van der Waals surface area contributed by atoms with Gasteiger partial charge in [0.05, 0.1) is 59.3 Å². The van der Waals surface area contributed by atoms with Crippen molar-refractivity contribution in [3.63, 3.8) is 0 Å². The molecule has 0 unspecified atom stereocenters. The number of ether oxygens (including phenoxy) is 3. The topological polar surface area (TPSA) is 123 Å². The summed E-state index contributed by atoms with van der Waals surface area (Å²) in [6.45, 7) is 0.634. The molecular weight excluding hydrogens is 568 g/mol. The van der Waals surface area contributed by atoms with Gasteiger partial charge in [-0.2, -0.15) is 10.5 Å². The number of carbonyl (C=O) groups excluding carboxylic acids is 1. The highest BCUT2D eigenvalue weighted by Gasteiger charge is 2.17. The molecule has 9 nitrogen and oxygen atoms in total. The molecule has 0 aliphatic rings. The maximum atomic E-state index is 15.5. The molecule has 0 aliphatic carbocycles. The zero-order valence-electron chi connectivity index (χ0n) is 23.8. The van der Waals surface area contributed by atoms with Gasteiger partial charge in [0.15, 0.2) is 0 Å². The van der Waals surface area contributed by atoms with Gasteiger partial charge in [0, 0.05) is 37.3 Å². The molecule has 0 amide bonds. The average Bonchev–Trinajstić information content (AvgIpc) is 3.39. The molecule has 5 rings (SSSR count). The molecule has 5 aromatic rings. The van der Waals surface area contributed by atoms with E-state index < -0.39 is 17.6 Å². The van der Waals surface area contributed by atoms with Gasteiger partial charge >= 0.3 is 5.97 Å². The Morgan fingerprint density at radius 2 is 1.66 bits per heavy atom. The van der Waals surface area contributed by atoms with Crippen molar-refractivity contribution >= 4 is 17.0 Å². The van der Waals surface area contributed by atoms with E-state index in [4.69, 9.17) is 19.5 Å². The lowest BCUT2D eigenvalue weighted by molar-refractivity contribution is 0.0601. The maximum absolute atomic E-state index is 15.5. The molecule has 11 heteroatoms. The molecule has 0 fully saturated rings. The van der Waals surface area contributed by atoms with Gasteiger partial charge in [-0.25, -0.2) is 23.5 Å². The quantitative estimate of drug-likeness (QED) is 0.188. The van der Waals surface area contributed by atoms with Crippen LogP contribution in [0.2, 0.25) is 0 Å². The molecule has 0 spiro atoms. The Morgan fingerprint density at radius 1 is 0.886 bits per heavy atom. The fourth-order valence-corrected chi connectivity index (χ4v) is 4.68. The Bertz CT molecular complexity index is 1960. The Hall–Kier alpha value is -5.65. The van der Waals surface area contributed by atoms with E-state index in [-0.39, 0.29) is 35.6 Å². The van der Waals surface area contributed by atoms with Crippen LogP contribution in [0, 0.1) is 34.3 Å². The van der Waals surface area contributed by atoms with Crippen molar-refractivity contribution in [3.05, 3.63) is 112 Å². The minimum absolute atomic E-state index is 0.0606. The minimum Gasteiger partial charge on any atom is -0.473 e. The van der Waals surface area contributed by atoms with Gasteiger partial charge in [-0.15, -0.1) is 0 Å². The SMILES string of the molecule is COCCn1c(Cc2ccc(-c3cc(C#N)cc(OCc4ccc(C#N)cc4F)n3)cc2F)nc2ccc(C(=O)OC)cc21. The first kappa shape index (κ1) is 29.8. The molecule has 220 valence electrons. The molecule has 0 saturated heterocycles. The second-order valence-corrected chi connectivity index (χ2v) is 9.75. The molecule has 0 radical (unpaired) electrons. The highest BCUT2D eigenvalue weighted by molar-refractivity contribution is 5.93. The highest BCUT2D eigenvalue weighted by atomic mass is 19.1. The van der Waals surface area contributed by atoms with Crippen LogP contribution in [0.1, 0.15) is 38.4 Å². The van der Waals surface area contributed by atoms with Gasteiger partial charge in [-0.05, 0) is 48.0 Å². The zero-order chi connectivity index (χ0) is 31.2. The minimum atomic E-state index is -0.599. The largest absolute Gasteiger partial charge is 0.473 e. The first-order valence-electron chi connectivity index (χ1n) is 13.4. The molecule has 2 aromatic heterocycles. The zero-order valence-corrected chi connectivity index (χ0v) is 23.8. The van der Waals surface area contributed by atoms with Crippen molar-refractivity contribution in [2.24, 2.45) is 0 Å². The molecule has 0 saturated carbocycles. The molecule has 0 aliphatic heterocycles. The van der Waals surface area contributed by atoms with Crippen molar-refractivity contribution in [2.75, 3.05) is 20.8 Å². The normalized spacial score (nSPS) is 10.8. The Kier molecular flexibility index (Phi) is 8.89. The number of rotatable bonds is 10. The smallest absolute Gasteiger partial charge is 0.337 e. The number of hydrogen-bond acceptors (Lipinski definition) is 8. The standard InChI is InChI=1S/C33H25F2N5O4/c1-42-10-9-40-30-15-24(33(41)43-2)7-8-28(30)38-31(40)16-22-5-6-23(14-27(22)35)29-12-21(18-37)13-32(39-29)44-19-25-4-3-20(17-36)11-26(25)34/h3-8,11-15H,9-10,16,19H2,1-2H3. The molecule has 3 aromatic carbocycles. The lowest BCUT2D eigenvalue weighted by Gasteiger charge is -2.11. The fourth-order valence-electron chi connectivity index (χ4n) is 4.68. The summed E-state index contributed by atoms with van der Waals surface area (Å²) >= 11 is 0.